The maximum absolute atomic E-state index is 6.54. The van der Waals surface area contributed by atoms with Gasteiger partial charge in [-0.05, 0) is 48.4 Å². The van der Waals surface area contributed by atoms with Crippen LogP contribution in [-0.4, -0.2) is 19.2 Å². The number of hydrogen-bond acceptors (Lipinski definition) is 3. The molecule has 0 spiro atoms. The minimum Gasteiger partial charge on any atom is -0.488 e. The minimum atomic E-state index is 0.262. The van der Waals surface area contributed by atoms with Crippen LogP contribution in [0, 0.1) is 0 Å². The molecule has 1 fully saturated rings. The quantitative estimate of drug-likeness (QED) is 0.450. The summed E-state index contributed by atoms with van der Waals surface area (Å²) in [5.41, 5.74) is 4.72. The van der Waals surface area contributed by atoms with Gasteiger partial charge in [0.1, 0.15) is 11.9 Å². The van der Waals surface area contributed by atoms with Crippen molar-refractivity contribution in [3.8, 4) is 16.9 Å². The number of rotatable bonds is 4. The van der Waals surface area contributed by atoms with E-state index >= 15 is 0 Å². The first-order chi connectivity index (χ1) is 14.2. The van der Waals surface area contributed by atoms with Gasteiger partial charge in [-0.1, -0.05) is 59.6 Å². The number of thioether (sulfide) groups is 1. The molecular formula is C24H21Cl2NOS. The third-order valence-corrected chi connectivity index (χ3v) is 7.29. The molecule has 3 aromatic rings. The standard InChI is InChI=1S/C24H21Cl2NOS/c25-17-6-7-18(21(26)12-17)16-10-19-20-13-27-9-8-22(20)28-24(19)23(11-16)29-14-15-4-2-1-3-5-15/h1-7,10-12,20,22,27H,8-9,13-14H2/t20-,22-/m0/s1. The predicted octanol–water partition coefficient (Wildman–Crippen LogP) is 6.79. The molecule has 2 heterocycles. The fourth-order valence-electron chi connectivity index (χ4n) is 4.18. The van der Waals surface area contributed by atoms with Gasteiger partial charge in [-0.25, -0.2) is 0 Å². The SMILES string of the molecule is Clc1ccc(-c2cc(SCc3ccccc3)c3c(c2)[C@@H]2CNCC[C@@H]2O3)c(Cl)c1. The van der Waals surface area contributed by atoms with Gasteiger partial charge < -0.3 is 10.1 Å². The Labute approximate surface area is 185 Å². The second-order valence-electron chi connectivity index (χ2n) is 7.55. The van der Waals surface area contributed by atoms with Gasteiger partial charge >= 0.3 is 0 Å². The van der Waals surface area contributed by atoms with E-state index < -0.39 is 0 Å². The molecule has 1 N–H and O–H groups in total. The summed E-state index contributed by atoms with van der Waals surface area (Å²) in [6.45, 7) is 1.97. The van der Waals surface area contributed by atoms with Gasteiger partial charge in [-0.3, -0.25) is 0 Å². The van der Waals surface area contributed by atoms with E-state index in [-0.39, 0.29) is 6.10 Å². The fraction of sp³-hybridized carbons (Fsp3) is 0.250. The van der Waals surface area contributed by atoms with Crippen LogP contribution in [-0.2, 0) is 5.75 Å². The lowest BCUT2D eigenvalue weighted by molar-refractivity contribution is 0.169. The van der Waals surface area contributed by atoms with E-state index in [9.17, 15) is 0 Å². The lowest BCUT2D eigenvalue weighted by Crippen LogP contribution is -2.37. The van der Waals surface area contributed by atoms with Crippen LogP contribution in [0.2, 0.25) is 10.0 Å². The predicted molar refractivity (Wildman–Crippen MR) is 123 cm³/mol. The average Bonchev–Trinajstić information content (AvgIpc) is 3.11. The molecule has 0 unspecified atom stereocenters. The maximum Gasteiger partial charge on any atom is 0.137 e. The summed E-state index contributed by atoms with van der Waals surface area (Å²) in [6.07, 6.45) is 1.30. The van der Waals surface area contributed by atoms with Crippen LogP contribution in [0.3, 0.4) is 0 Å². The molecule has 0 saturated carbocycles. The number of ether oxygens (including phenoxy) is 1. The molecule has 148 valence electrons. The normalized spacial score (nSPS) is 20.1. The Morgan fingerprint density at radius 1 is 1.03 bits per heavy atom. The molecule has 2 nitrogen and oxygen atoms in total. The molecule has 2 aliphatic heterocycles. The maximum atomic E-state index is 6.54. The molecule has 29 heavy (non-hydrogen) atoms. The number of benzene rings is 3. The molecule has 0 amide bonds. The third kappa shape index (κ3) is 3.89. The molecule has 3 aromatic carbocycles. The van der Waals surface area contributed by atoms with E-state index in [1.165, 1.54) is 16.0 Å². The van der Waals surface area contributed by atoms with Crippen molar-refractivity contribution in [2.75, 3.05) is 13.1 Å². The monoisotopic (exact) mass is 441 g/mol. The third-order valence-electron chi connectivity index (χ3n) is 5.65. The van der Waals surface area contributed by atoms with Crippen LogP contribution in [0.25, 0.3) is 11.1 Å². The van der Waals surface area contributed by atoms with Crippen LogP contribution >= 0.6 is 35.0 Å². The smallest absolute Gasteiger partial charge is 0.137 e. The molecule has 2 aliphatic rings. The van der Waals surface area contributed by atoms with E-state index in [1.54, 1.807) is 0 Å². The van der Waals surface area contributed by atoms with E-state index in [4.69, 9.17) is 27.9 Å². The van der Waals surface area contributed by atoms with Gasteiger partial charge in [0.2, 0.25) is 0 Å². The van der Waals surface area contributed by atoms with Crippen LogP contribution in [0.1, 0.15) is 23.5 Å². The van der Waals surface area contributed by atoms with Gasteiger partial charge in [0.15, 0.2) is 0 Å². The molecular weight excluding hydrogens is 421 g/mol. The first-order valence-corrected chi connectivity index (χ1v) is 11.6. The van der Waals surface area contributed by atoms with Gasteiger partial charge in [-0.2, -0.15) is 0 Å². The highest BCUT2D eigenvalue weighted by molar-refractivity contribution is 7.98. The second-order valence-corrected chi connectivity index (χ2v) is 9.41. The highest BCUT2D eigenvalue weighted by Crippen LogP contribution is 2.49. The molecule has 0 aliphatic carbocycles. The van der Waals surface area contributed by atoms with Crippen molar-refractivity contribution in [3.63, 3.8) is 0 Å². The van der Waals surface area contributed by atoms with Crippen molar-refractivity contribution in [2.45, 2.75) is 29.1 Å². The highest BCUT2D eigenvalue weighted by atomic mass is 35.5. The Kier molecular flexibility index (Phi) is 5.49. The summed E-state index contributed by atoms with van der Waals surface area (Å²) in [5, 5.41) is 4.85. The number of hydrogen-bond donors (Lipinski definition) is 1. The molecule has 0 aromatic heterocycles. The van der Waals surface area contributed by atoms with Gasteiger partial charge in [-0.15, -0.1) is 11.8 Å². The van der Waals surface area contributed by atoms with E-state index in [0.29, 0.717) is 16.0 Å². The fourth-order valence-corrected chi connectivity index (χ4v) is 5.72. The number of halogens is 2. The molecule has 5 heteroatoms. The Morgan fingerprint density at radius 2 is 1.90 bits per heavy atom. The van der Waals surface area contributed by atoms with Crippen molar-refractivity contribution in [1.82, 2.24) is 5.32 Å². The Hall–Kier alpha value is -1.65. The first kappa shape index (κ1) is 19.3. The van der Waals surface area contributed by atoms with Crippen molar-refractivity contribution in [2.24, 2.45) is 0 Å². The zero-order valence-electron chi connectivity index (χ0n) is 15.8. The minimum absolute atomic E-state index is 0.262. The van der Waals surface area contributed by atoms with Gasteiger partial charge in [0.25, 0.3) is 0 Å². The zero-order chi connectivity index (χ0) is 19.8. The lowest BCUT2D eigenvalue weighted by Gasteiger charge is -2.24. The summed E-state index contributed by atoms with van der Waals surface area (Å²) >= 11 is 14.5. The summed E-state index contributed by atoms with van der Waals surface area (Å²) in [5.74, 6) is 2.35. The Morgan fingerprint density at radius 3 is 2.72 bits per heavy atom. The van der Waals surface area contributed by atoms with E-state index in [2.05, 4.69) is 47.8 Å². The van der Waals surface area contributed by atoms with Crippen molar-refractivity contribution in [1.29, 1.82) is 0 Å². The van der Waals surface area contributed by atoms with E-state index in [1.807, 2.05) is 30.0 Å². The molecule has 1 saturated heterocycles. The molecule has 2 atom stereocenters. The molecule has 0 bridgehead atoms. The average molecular weight is 442 g/mol. The van der Waals surface area contributed by atoms with Gasteiger partial charge in [0, 0.05) is 39.4 Å². The summed E-state index contributed by atoms with van der Waals surface area (Å²) in [4.78, 5) is 1.18. The highest BCUT2D eigenvalue weighted by Gasteiger charge is 2.38. The summed E-state index contributed by atoms with van der Waals surface area (Å²) in [7, 11) is 0. The van der Waals surface area contributed by atoms with Crippen LogP contribution in [0.15, 0.2) is 65.6 Å². The summed E-state index contributed by atoms with van der Waals surface area (Å²) < 4.78 is 6.46. The van der Waals surface area contributed by atoms with Crippen molar-refractivity contribution < 1.29 is 4.74 Å². The molecule has 5 rings (SSSR count). The van der Waals surface area contributed by atoms with Crippen LogP contribution in [0.5, 0.6) is 5.75 Å². The Balaban J connectivity index is 1.56. The zero-order valence-corrected chi connectivity index (χ0v) is 18.2. The number of piperidine rings is 1. The number of nitrogens with one attached hydrogen (secondary N) is 1. The second kappa shape index (κ2) is 8.23. The number of fused-ring (bicyclic) bond motifs is 3. The van der Waals surface area contributed by atoms with Crippen LogP contribution < -0.4 is 10.1 Å². The van der Waals surface area contributed by atoms with Gasteiger partial charge in [0.05, 0.1) is 4.90 Å². The Bertz CT molecular complexity index is 1040. The largest absolute Gasteiger partial charge is 0.488 e. The molecule has 0 radical (unpaired) electrons. The topological polar surface area (TPSA) is 21.3 Å². The van der Waals surface area contributed by atoms with E-state index in [0.717, 1.165) is 42.1 Å². The first-order valence-electron chi connectivity index (χ1n) is 9.86. The lowest BCUT2D eigenvalue weighted by atomic mass is 9.89. The van der Waals surface area contributed by atoms with Crippen molar-refractivity contribution in [3.05, 3.63) is 81.8 Å². The van der Waals surface area contributed by atoms with Crippen molar-refractivity contribution >= 4 is 35.0 Å². The summed E-state index contributed by atoms with van der Waals surface area (Å²) in [6, 6.07) is 20.7. The van der Waals surface area contributed by atoms with Crippen LogP contribution in [0.4, 0.5) is 0 Å².